The number of hydrogen-bond acceptors (Lipinski definition) is 9. The number of H-pyrrole nitrogens is 3. The minimum absolute atomic E-state index is 0.612. The van der Waals surface area contributed by atoms with Crippen molar-refractivity contribution in [2.75, 3.05) is 4.90 Å². The quantitative estimate of drug-likeness (QED) is 0.295. The lowest BCUT2D eigenvalue weighted by Crippen LogP contribution is -2.50. The molecule has 0 saturated heterocycles. The Bertz CT molecular complexity index is 1620. The van der Waals surface area contributed by atoms with E-state index < -0.39 is 5.66 Å². The van der Waals surface area contributed by atoms with Crippen LogP contribution in [-0.4, -0.2) is 45.8 Å². The van der Waals surface area contributed by atoms with Crippen LogP contribution in [0.2, 0.25) is 0 Å². The number of allylic oxidation sites excluding steroid dienone is 1. The number of aromatic nitrogens is 8. The van der Waals surface area contributed by atoms with Crippen LogP contribution in [0.4, 0.5) is 5.82 Å². The van der Waals surface area contributed by atoms with Gasteiger partial charge < -0.3 is 9.97 Å². The van der Waals surface area contributed by atoms with Gasteiger partial charge in [0.25, 0.3) is 0 Å². The average molecular weight is 523 g/mol. The first kappa shape index (κ1) is 21.6. The summed E-state index contributed by atoms with van der Waals surface area (Å²) < 4.78 is 0. The highest BCUT2D eigenvalue weighted by atomic mass is 32.1. The zero-order valence-corrected chi connectivity index (χ0v) is 20.7. The molecule has 180 valence electrons. The van der Waals surface area contributed by atoms with E-state index in [0.717, 1.165) is 38.5 Å². The van der Waals surface area contributed by atoms with Crippen LogP contribution in [0.15, 0.2) is 95.5 Å². The highest BCUT2D eigenvalue weighted by molar-refractivity contribution is 7.11. The fourth-order valence-corrected chi connectivity index (χ4v) is 5.99. The fraction of sp³-hybridized carbons (Fsp3) is 0.0400. The van der Waals surface area contributed by atoms with E-state index in [4.69, 9.17) is 24.9 Å². The number of aliphatic imine (C=N–C) groups is 1. The second-order valence-corrected chi connectivity index (χ2v) is 9.83. The van der Waals surface area contributed by atoms with Gasteiger partial charge in [-0.05, 0) is 30.3 Å². The van der Waals surface area contributed by atoms with E-state index >= 15 is 0 Å². The van der Waals surface area contributed by atoms with Crippen molar-refractivity contribution in [1.29, 1.82) is 0 Å². The summed E-state index contributed by atoms with van der Waals surface area (Å²) in [7, 11) is 0. The number of anilines is 1. The molecule has 1 aliphatic heterocycles. The van der Waals surface area contributed by atoms with Gasteiger partial charge in [0, 0.05) is 54.1 Å². The minimum Gasteiger partial charge on any atom is -0.348 e. The molecule has 7 rings (SSSR count). The molecule has 1 unspecified atom stereocenters. The lowest BCUT2D eigenvalue weighted by atomic mass is 9.94. The number of hydrogen-bond donors (Lipinski definition) is 3. The zero-order chi connectivity index (χ0) is 24.7. The molecule has 0 aliphatic carbocycles. The van der Waals surface area contributed by atoms with Gasteiger partial charge in [0.2, 0.25) is 5.66 Å². The van der Waals surface area contributed by atoms with E-state index in [2.05, 4.69) is 25.1 Å². The Balaban J connectivity index is 1.68. The van der Waals surface area contributed by atoms with Gasteiger partial charge in [-0.25, -0.2) is 19.9 Å². The Kier molecular flexibility index (Phi) is 5.11. The van der Waals surface area contributed by atoms with Crippen LogP contribution in [0, 0.1) is 0 Å². The van der Waals surface area contributed by atoms with Crippen LogP contribution in [0.3, 0.4) is 0 Å². The van der Waals surface area contributed by atoms with Crippen LogP contribution in [0.25, 0.3) is 11.3 Å². The van der Waals surface area contributed by atoms with Crippen molar-refractivity contribution in [2.45, 2.75) is 5.66 Å². The Labute approximate surface area is 218 Å². The van der Waals surface area contributed by atoms with E-state index in [9.17, 15) is 0 Å². The molecule has 1 atom stereocenters. The van der Waals surface area contributed by atoms with E-state index in [-0.39, 0.29) is 0 Å². The molecule has 3 N–H and O–H groups in total. The normalized spacial score (nSPS) is 17.8. The molecule has 37 heavy (non-hydrogen) atoms. The van der Waals surface area contributed by atoms with E-state index in [1.165, 1.54) is 22.7 Å². The first-order valence-electron chi connectivity index (χ1n) is 11.4. The highest BCUT2D eigenvalue weighted by Crippen LogP contribution is 2.50. The summed E-state index contributed by atoms with van der Waals surface area (Å²) in [5.41, 5.74) is 2.63. The fourth-order valence-electron chi connectivity index (χ4n) is 4.54. The third kappa shape index (κ3) is 3.37. The Morgan fingerprint density at radius 2 is 1.73 bits per heavy atom. The summed E-state index contributed by atoms with van der Waals surface area (Å²) in [4.78, 5) is 33.3. The maximum atomic E-state index is 5.48. The van der Waals surface area contributed by atoms with Gasteiger partial charge in [0.05, 0.1) is 28.4 Å². The largest absolute Gasteiger partial charge is 0.348 e. The molecular formula is C25H18N10S2. The van der Waals surface area contributed by atoms with Crippen LogP contribution in [0.1, 0.15) is 27.2 Å². The van der Waals surface area contributed by atoms with Crippen molar-refractivity contribution in [1.82, 2.24) is 40.1 Å². The third-order valence-electron chi connectivity index (χ3n) is 5.99. The van der Waals surface area contributed by atoms with Crippen LogP contribution < -0.4 is 4.90 Å². The number of nitrogens with zero attached hydrogens (tertiary/aromatic N) is 7. The summed E-state index contributed by atoms with van der Waals surface area (Å²) >= 11 is 3.05. The summed E-state index contributed by atoms with van der Waals surface area (Å²) in [6.45, 7) is 0. The van der Waals surface area contributed by atoms with Gasteiger partial charge in [-0.2, -0.15) is 5.10 Å². The number of thiazole rings is 2. The minimum atomic E-state index is -1.18. The van der Waals surface area contributed by atoms with E-state index in [0.29, 0.717) is 11.5 Å². The molecular weight excluding hydrogens is 504 g/mol. The third-order valence-corrected chi connectivity index (χ3v) is 7.65. The van der Waals surface area contributed by atoms with Gasteiger partial charge in [0.1, 0.15) is 15.8 Å². The van der Waals surface area contributed by atoms with Crippen LogP contribution in [0.5, 0.6) is 0 Å². The van der Waals surface area contributed by atoms with Gasteiger partial charge in [0.15, 0.2) is 5.82 Å². The molecule has 7 heterocycles. The maximum Gasteiger partial charge on any atom is 0.249 e. The smallest absolute Gasteiger partial charge is 0.249 e. The first-order valence-corrected chi connectivity index (χ1v) is 13.1. The standard InChI is InChI=1S/C25H18N10S2/c1-2-7-26-17(4-1)21-19(22-28-12-14-36-22)20(16-6-9-32-34-16)33-25(23-29-10-11-30-23,24-31-13-15-37-24)35(21)18-5-3-8-27-18/h1-15,27H,(H,29,30)(H,32,34). The number of pyridine rings is 1. The van der Waals surface area contributed by atoms with Gasteiger partial charge in [-0.3, -0.25) is 15.0 Å². The molecule has 0 amide bonds. The SMILES string of the molecule is c1ccc(C2=C(c3nccs3)C(c3ccn[nH]3)=NC(c3ncc[nH]3)(c3nccs3)N2c2ccc[nH]2)nc1. The molecule has 0 radical (unpaired) electrons. The van der Waals surface area contributed by atoms with Gasteiger partial charge >= 0.3 is 0 Å². The van der Waals surface area contributed by atoms with Crippen molar-refractivity contribution in [2.24, 2.45) is 4.99 Å². The number of aromatic amines is 3. The van der Waals surface area contributed by atoms with Crippen LogP contribution in [-0.2, 0) is 5.66 Å². The molecule has 6 aromatic rings. The van der Waals surface area contributed by atoms with Gasteiger partial charge in [-0.1, -0.05) is 6.07 Å². The Hall–Kier alpha value is -4.68. The van der Waals surface area contributed by atoms with Crippen molar-refractivity contribution in [3.05, 3.63) is 118 Å². The molecule has 1 aliphatic rings. The van der Waals surface area contributed by atoms with Gasteiger partial charge in [-0.15, -0.1) is 22.7 Å². The first-order chi connectivity index (χ1) is 18.4. The summed E-state index contributed by atoms with van der Waals surface area (Å²) in [5.74, 6) is 1.41. The molecule has 0 bridgehead atoms. The summed E-state index contributed by atoms with van der Waals surface area (Å²) in [6, 6.07) is 11.7. The lowest BCUT2D eigenvalue weighted by molar-refractivity contribution is 0.514. The van der Waals surface area contributed by atoms with Crippen molar-refractivity contribution in [3.63, 3.8) is 0 Å². The lowest BCUT2D eigenvalue weighted by Gasteiger charge is -2.44. The highest BCUT2D eigenvalue weighted by Gasteiger charge is 2.52. The Morgan fingerprint density at radius 3 is 2.41 bits per heavy atom. The average Bonchev–Trinajstić information content (AvgIpc) is 3.80. The molecule has 6 aromatic heterocycles. The topological polar surface area (TPSA) is 127 Å². The van der Waals surface area contributed by atoms with E-state index in [1.807, 2.05) is 53.4 Å². The number of nitrogens with one attached hydrogen (secondary N) is 3. The monoisotopic (exact) mass is 522 g/mol. The van der Waals surface area contributed by atoms with Crippen LogP contribution >= 0.6 is 22.7 Å². The second kappa shape index (κ2) is 8.76. The molecule has 0 spiro atoms. The maximum absolute atomic E-state index is 5.48. The summed E-state index contributed by atoms with van der Waals surface area (Å²) in [5, 5.41) is 12.8. The van der Waals surface area contributed by atoms with Crippen molar-refractivity contribution < 1.29 is 0 Å². The summed E-state index contributed by atoms with van der Waals surface area (Å²) in [6.07, 6.45) is 12.5. The molecule has 0 fully saturated rings. The zero-order valence-electron chi connectivity index (χ0n) is 19.1. The Morgan fingerprint density at radius 1 is 0.784 bits per heavy atom. The van der Waals surface area contributed by atoms with Crippen molar-refractivity contribution in [3.8, 4) is 0 Å². The number of imidazole rings is 1. The van der Waals surface area contributed by atoms with E-state index in [1.54, 1.807) is 37.2 Å². The van der Waals surface area contributed by atoms with Crippen molar-refractivity contribution >= 4 is 45.5 Å². The predicted molar refractivity (Wildman–Crippen MR) is 143 cm³/mol. The second-order valence-electron chi connectivity index (χ2n) is 8.04. The molecule has 0 aromatic carbocycles. The predicted octanol–water partition coefficient (Wildman–Crippen LogP) is 4.55. The molecule has 0 saturated carbocycles. The molecule has 10 nitrogen and oxygen atoms in total. The molecule has 12 heteroatoms. The number of rotatable bonds is 6.